The molecule has 1 unspecified atom stereocenters. The van der Waals surface area contributed by atoms with Gasteiger partial charge in [0.05, 0.1) is 25.8 Å². The number of unbranched alkanes of at least 4 members (excludes halogenated alkanes) is 2. The zero-order valence-corrected chi connectivity index (χ0v) is 24.4. The van der Waals surface area contributed by atoms with E-state index >= 15 is 0 Å². The number of ether oxygens (including phenoxy) is 2. The van der Waals surface area contributed by atoms with Gasteiger partial charge in [-0.2, -0.15) is 0 Å². The lowest BCUT2D eigenvalue weighted by molar-refractivity contribution is -0.140. The summed E-state index contributed by atoms with van der Waals surface area (Å²) in [4.78, 5) is 30.8. The van der Waals surface area contributed by atoms with E-state index in [1.807, 2.05) is 0 Å². The smallest absolute Gasteiger partial charge is 0.295 e. The van der Waals surface area contributed by atoms with E-state index in [-0.39, 0.29) is 11.3 Å². The van der Waals surface area contributed by atoms with E-state index in [9.17, 15) is 14.7 Å². The Morgan fingerprint density at radius 2 is 1.58 bits per heavy atom. The van der Waals surface area contributed by atoms with Gasteiger partial charge in [-0.1, -0.05) is 54.8 Å². The predicted octanol–water partition coefficient (Wildman–Crippen LogP) is 6.18. The normalized spacial score (nSPS) is 16.9. The molecule has 206 valence electrons. The average Bonchev–Trinajstić information content (AvgIpc) is 3.18. The molecule has 0 aliphatic carbocycles. The maximum absolute atomic E-state index is 13.4. The van der Waals surface area contributed by atoms with Crippen LogP contribution in [0.5, 0.6) is 11.5 Å². The van der Waals surface area contributed by atoms with Crippen molar-refractivity contribution >= 4 is 33.4 Å². The van der Waals surface area contributed by atoms with Crippen LogP contribution in [0, 0.1) is 0 Å². The Labute approximate surface area is 234 Å². The number of benzene rings is 2. The molecule has 7 nitrogen and oxygen atoms in total. The van der Waals surface area contributed by atoms with Crippen LogP contribution < -0.4 is 9.47 Å². The molecule has 1 aliphatic heterocycles. The van der Waals surface area contributed by atoms with Gasteiger partial charge in [-0.3, -0.25) is 9.59 Å². The summed E-state index contributed by atoms with van der Waals surface area (Å²) in [5, 5.41) is 11.3. The molecule has 1 saturated heterocycles. The number of aliphatic hydroxyl groups is 1. The summed E-state index contributed by atoms with van der Waals surface area (Å²) in [5.41, 5.74) is 1.11. The molecule has 0 spiro atoms. The second kappa shape index (κ2) is 14.4. The molecule has 38 heavy (non-hydrogen) atoms. The van der Waals surface area contributed by atoms with E-state index in [2.05, 4.69) is 34.7 Å². The third-order valence-electron chi connectivity index (χ3n) is 6.92. The second-order valence-electron chi connectivity index (χ2n) is 9.51. The lowest BCUT2D eigenvalue weighted by Gasteiger charge is -2.28. The summed E-state index contributed by atoms with van der Waals surface area (Å²) >= 11 is 3.40. The predicted molar refractivity (Wildman–Crippen MR) is 154 cm³/mol. The SMILES string of the molecule is CCCCN(CCCC)CCCN1C(=O)C(=O)/C(=C(\O)c2ccc(Br)cc2)C1c1cc(OC)ccc1OC. The fourth-order valence-corrected chi connectivity index (χ4v) is 5.08. The molecule has 0 saturated carbocycles. The zero-order valence-electron chi connectivity index (χ0n) is 22.8. The third-order valence-corrected chi connectivity index (χ3v) is 7.45. The van der Waals surface area contributed by atoms with Crippen LogP contribution in [-0.4, -0.2) is 67.0 Å². The van der Waals surface area contributed by atoms with Crippen LogP contribution in [0.4, 0.5) is 0 Å². The second-order valence-corrected chi connectivity index (χ2v) is 10.4. The lowest BCUT2D eigenvalue weighted by Crippen LogP contribution is -2.34. The number of hydrogen-bond donors (Lipinski definition) is 1. The van der Waals surface area contributed by atoms with Gasteiger partial charge in [0.1, 0.15) is 17.3 Å². The molecule has 0 radical (unpaired) electrons. The van der Waals surface area contributed by atoms with E-state index in [0.717, 1.165) is 49.8 Å². The molecule has 2 aromatic carbocycles. The number of ketones is 1. The van der Waals surface area contributed by atoms with Crippen molar-refractivity contribution in [2.24, 2.45) is 0 Å². The highest BCUT2D eigenvalue weighted by Gasteiger charge is 2.47. The highest BCUT2D eigenvalue weighted by Crippen LogP contribution is 2.44. The number of Topliss-reactive ketones (excluding diaryl/α,β-unsaturated/α-hetero) is 1. The van der Waals surface area contributed by atoms with E-state index in [1.165, 1.54) is 0 Å². The summed E-state index contributed by atoms with van der Waals surface area (Å²) in [6.07, 6.45) is 5.22. The van der Waals surface area contributed by atoms with Crippen LogP contribution in [0.15, 0.2) is 52.5 Å². The van der Waals surface area contributed by atoms with Crippen molar-refractivity contribution in [1.29, 1.82) is 0 Å². The van der Waals surface area contributed by atoms with Gasteiger partial charge in [0.15, 0.2) is 0 Å². The van der Waals surface area contributed by atoms with Crippen molar-refractivity contribution in [1.82, 2.24) is 9.80 Å². The van der Waals surface area contributed by atoms with Gasteiger partial charge >= 0.3 is 0 Å². The highest BCUT2D eigenvalue weighted by atomic mass is 79.9. The molecule has 1 fully saturated rings. The Hall–Kier alpha value is -2.84. The molecule has 0 bridgehead atoms. The first-order valence-electron chi connectivity index (χ1n) is 13.3. The van der Waals surface area contributed by atoms with E-state index < -0.39 is 17.7 Å². The zero-order chi connectivity index (χ0) is 27.7. The molecule has 1 atom stereocenters. The first-order chi connectivity index (χ1) is 18.4. The molecule has 1 N–H and O–H groups in total. The van der Waals surface area contributed by atoms with E-state index in [4.69, 9.17) is 9.47 Å². The number of likely N-dealkylation sites (tertiary alicyclic amines) is 1. The van der Waals surface area contributed by atoms with Crippen LogP contribution in [0.1, 0.15) is 63.1 Å². The summed E-state index contributed by atoms with van der Waals surface area (Å²) in [6, 6.07) is 11.5. The van der Waals surface area contributed by atoms with Crippen LogP contribution in [0.25, 0.3) is 5.76 Å². The van der Waals surface area contributed by atoms with Gasteiger partial charge in [-0.15, -0.1) is 0 Å². The Morgan fingerprint density at radius 3 is 2.16 bits per heavy atom. The topological polar surface area (TPSA) is 79.3 Å². The molecule has 2 aromatic rings. The molecular weight excluding hydrogens is 548 g/mol. The standard InChI is InChI=1S/C30H39BrN2O5/c1-5-7-16-32(17-8-6-2)18-9-19-33-27(24-20-23(37-3)14-15-25(24)38-4)26(29(35)30(33)36)28(34)21-10-12-22(31)13-11-21/h10-15,20,27,34H,5-9,16-19H2,1-4H3/b28-26-. The molecule has 1 aliphatic rings. The lowest BCUT2D eigenvalue weighted by atomic mass is 9.94. The number of hydrogen-bond acceptors (Lipinski definition) is 6. The van der Waals surface area contributed by atoms with Gasteiger partial charge in [0.2, 0.25) is 0 Å². The van der Waals surface area contributed by atoms with Gasteiger partial charge in [0.25, 0.3) is 11.7 Å². The Balaban J connectivity index is 2.02. The minimum atomic E-state index is -0.802. The summed E-state index contributed by atoms with van der Waals surface area (Å²) < 4.78 is 11.9. The Bertz CT molecular complexity index is 1120. The van der Waals surface area contributed by atoms with E-state index in [1.54, 1.807) is 61.6 Å². The van der Waals surface area contributed by atoms with Crippen molar-refractivity contribution < 1.29 is 24.2 Å². The van der Waals surface area contributed by atoms with Crippen molar-refractivity contribution in [2.45, 2.75) is 52.0 Å². The number of amides is 1. The molecule has 3 rings (SSSR count). The van der Waals surface area contributed by atoms with Crippen molar-refractivity contribution in [3.05, 3.63) is 63.6 Å². The van der Waals surface area contributed by atoms with Crippen molar-refractivity contribution in [3.63, 3.8) is 0 Å². The molecule has 1 amide bonds. The van der Waals surface area contributed by atoms with Gasteiger partial charge in [-0.25, -0.2) is 0 Å². The summed E-state index contributed by atoms with van der Waals surface area (Å²) in [5.74, 6) is -0.445. The highest BCUT2D eigenvalue weighted by molar-refractivity contribution is 9.10. The quantitative estimate of drug-likeness (QED) is 0.162. The van der Waals surface area contributed by atoms with Crippen LogP contribution in [0.3, 0.4) is 0 Å². The fourth-order valence-electron chi connectivity index (χ4n) is 4.81. The fraction of sp³-hybridized carbons (Fsp3) is 0.467. The number of halogens is 1. The van der Waals surface area contributed by atoms with E-state index in [0.29, 0.717) is 35.6 Å². The molecular formula is C30H39BrN2O5. The average molecular weight is 588 g/mol. The van der Waals surface area contributed by atoms with Gasteiger partial charge in [0, 0.05) is 22.1 Å². The monoisotopic (exact) mass is 586 g/mol. The minimum Gasteiger partial charge on any atom is -0.507 e. The molecule has 1 heterocycles. The number of carbonyl (C=O) groups excluding carboxylic acids is 2. The summed E-state index contributed by atoms with van der Waals surface area (Å²) in [7, 11) is 3.11. The van der Waals surface area contributed by atoms with Crippen molar-refractivity contribution in [3.8, 4) is 11.5 Å². The summed E-state index contributed by atoms with van der Waals surface area (Å²) in [6.45, 7) is 7.62. The maximum Gasteiger partial charge on any atom is 0.295 e. The number of carbonyl (C=O) groups is 2. The van der Waals surface area contributed by atoms with Crippen LogP contribution in [0.2, 0.25) is 0 Å². The minimum absolute atomic E-state index is 0.0534. The third kappa shape index (κ3) is 6.97. The Kier molecular flexibility index (Phi) is 11.2. The molecule has 8 heteroatoms. The van der Waals surface area contributed by atoms with Crippen LogP contribution in [-0.2, 0) is 9.59 Å². The number of rotatable bonds is 14. The van der Waals surface area contributed by atoms with Gasteiger partial charge < -0.3 is 24.4 Å². The largest absolute Gasteiger partial charge is 0.507 e. The number of aliphatic hydroxyl groups excluding tert-OH is 1. The maximum atomic E-state index is 13.4. The molecule has 0 aromatic heterocycles. The number of nitrogens with zero attached hydrogens (tertiary/aromatic N) is 2. The van der Waals surface area contributed by atoms with Crippen LogP contribution >= 0.6 is 15.9 Å². The van der Waals surface area contributed by atoms with Gasteiger partial charge in [-0.05, 0) is 69.2 Å². The first kappa shape index (κ1) is 29.7. The number of methoxy groups -OCH3 is 2. The Morgan fingerprint density at radius 1 is 0.947 bits per heavy atom. The first-order valence-corrected chi connectivity index (χ1v) is 14.1. The van der Waals surface area contributed by atoms with Crippen molar-refractivity contribution in [2.75, 3.05) is 40.4 Å².